The minimum atomic E-state index is -0.580. The molecule has 0 saturated heterocycles. The lowest BCUT2D eigenvalue weighted by atomic mass is 9.97. The molecule has 3 aromatic carbocycles. The Labute approximate surface area is 191 Å². The Kier molecular flexibility index (Phi) is 6.86. The Hall–Kier alpha value is -2.75. The van der Waals surface area contributed by atoms with E-state index in [9.17, 15) is 14.9 Å². The molecule has 0 aliphatic heterocycles. The number of hydrogen-bond acceptors (Lipinski definition) is 4. The van der Waals surface area contributed by atoms with Crippen molar-refractivity contribution in [1.29, 1.82) is 5.26 Å². The van der Waals surface area contributed by atoms with Crippen LogP contribution in [-0.2, 0) is 6.42 Å². The maximum atomic E-state index is 12.9. The minimum absolute atomic E-state index is 0.00684. The zero-order valence-corrected chi connectivity index (χ0v) is 19.5. The van der Waals surface area contributed by atoms with E-state index in [4.69, 9.17) is 4.74 Å². The molecule has 0 N–H and O–H groups in total. The largest absolute Gasteiger partial charge is 0.421 e. The van der Waals surface area contributed by atoms with E-state index in [1.165, 1.54) is 0 Å². The molecule has 0 fully saturated rings. The number of carbonyl (C=O) groups is 2. The summed E-state index contributed by atoms with van der Waals surface area (Å²) in [7, 11) is 0. The van der Waals surface area contributed by atoms with E-state index in [-0.39, 0.29) is 23.5 Å². The fourth-order valence-electron chi connectivity index (χ4n) is 3.09. The molecule has 0 atom stereocenters. The number of carbonyl (C=O) groups excluding carboxylic acids is 2. The van der Waals surface area contributed by atoms with Gasteiger partial charge in [0, 0.05) is 26.5 Å². The molecule has 30 heavy (non-hydrogen) atoms. The molecule has 3 aromatic rings. The van der Waals surface area contributed by atoms with E-state index >= 15 is 0 Å². The Bertz CT molecular complexity index is 1200. The molecular weight excluding hydrogens is 510 g/mol. The zero-order valence-electron chi connectivity index (χ0n) is 16.3. The number of para-hydroxylation sites is 1. The van der Waals surface area contributed by atoms with E-state index in [0.29, 0.717) is 16.7 Å². The molecule has 0 saturated carbocycles. The van der Waals surface area contributed by atoms with Crippen LogP contribution in [0.5, 0.6) is 5.75 Å². The number of nitrogens with zero attached hydrogens (tertiary/aromatic N) is 1. The van der Waals surface area contributed by atoms with Crippen molar-refractivity contribution in [3.63, 3.8) is 0 Å². The summed E-state index contributed by atoms with van der Waals surface area (Å²) < 4.78 is 7.26. The van der Waals surface area contributed by atoms with Gasteiger partial charge in [0.15, 0.2) is 11.5 Å². The van der Waals surface area contributed by atoms with Crippen LogP contribution >= 0.6 is 31.9 Å². The highest BCUT2D eigenvalue weighted by molar-refractivity contribution is 9.10. The van der Waals surface area contributed by atoms with Crippen LogP contribution in [0.1, 0.15) is 43.0 Å². The average molecular weight is 527 g/mol. The Balaban J connectivity index is 1.97. The highest BCUT2D eigenvalue weighted by Crippen LogP contribution is 2.29. The predicted molar refractivity (Wildman–Crippen MR) is 122 cm³/mol. The Morgan fingerprint density at radius 2 is 1.47 bits per heavy atom. The number of rotatable bonds is 5. The lowest BCUT2D eigenvalue weighted by molar-refractivity contribution is 0.0730. The summed E-state index contributed by atoms with van der Waals surface area (Å²) in [5.74, 6) is -0.589. The third kappa shape index (κ3) is 4.53. The first-order valence-corrected chi connectivity index (χ1v) is 10.7. The summed E-state index contributed by atoms with van der Waals surface area (Å²) in [5, 5.41) is 9.52. The van der Waals surface area contributed by atoms with Crippen molar-refractivity contribution < 1.29 is 14.3 Å². The van der Waals surface area contributed by atoms with Crippen LogP contribution in [0.2, 0.25) is 0 Å². The molecule has 6 heteroatoms. The van der Waals surface area contributed by atoms with Crippen LogP contribution in [0.3, 0.4) is 0 Å². The van der Waals surface area contributed by atoms with Gasteiger partial charge in [-0.2, -0.15) is 5.26 Å². The molecule has 4 nitrogen and oxygen atoms in total. The average Bonchev–Trinajstić information content (AvgIpc) is 2.73. The monoisotopic (exact) mass is 525 g/mol. The van der Waals surface area contributed by atoms with E-state index in [2.05, 4.69) is 31.9 Å². The summed E-state index contributed by atoms with van der Waals surface area (Å²) in [6, 6.07) is 17.6. The fourth-order valence-corrected chi connectivity index (χ4v) is 3.82. The van der Waals surface area contributed by atoms with Gasteiger partial charge in [-0.15, -0.1) is 0 Å². The van der Waals surface area contributed by atoms with Crippen molar-refractivity contribution in [3.05, 3.63) is 96.9 Å². The number of ether oxygens (including phenoxy) is 1. The van der Waals surface area contributed by atoms with Gasteiger partial charge in [0.2, 0.25) is 0 Å². The first-order valence-electron chi connectivity index (χ1n) is 9.11. The number of Topliss-reactive ketones (excluding diaryl/α,β-unsaturated/α-hetero) is 1. The van der Waals surface area contributed by atoms with E-state index in [1.54, 1.807) is 49.4 Å². The molecule has 0 spiro atoms. The van der Waals surface area contributed by atoms with Gasteiger partial charge < -0.3 is 4.74 Å². The van der Waals surface area contributed by atoms with Gasteiger partial charge in [0.05, 0.1) is 11.1 Å². The SMILES string of the molecule is Cc1c(Br)cccc1C(=O)Cc1cccc(C#N)c1OC(=O)c1cccc(Br)c1C. The molecule has 0 aliphatic rings. The number of hydrogen-bond donors (Lipinski definition) is 0. The van der Waals surface area contributed by atoms with Crippen molar-refractivity contribution in [2.24, 2.45) is 0 Å². The molecule has 0 amide bonds. The molecule has 150 valence electrons. The lowest BCUT2D eigenvalue weighted by Crippen LogP contribution is -2.14. The topological polar surface area (TPSA) is 67.2 Å². The highest BCUT2D eigenvalue weighted by Gasteiger charge is 2.20. The van der Waals surface area contributed by atoms with Gasteiger partial charge in [-0.3, -0.25) is 4.79 Å². The fraction of sp³-hybridized carbons (Fsp3) is 0.125. The van der Waals surface area contributed by atoms with Crippen LogP contribution in [-0.4, -0.2) is 11.8 Å². The van der Waals surface area contributed by atoms with Gasteiger partial charge in [-0.05, 0) is 49.2 Å². The van der Waals surface area contributed by atoms with E-state index in [0.717, 1.165) is 20.1 Å². The van der Waals surface area contributed by atoms with Gasteiger partial charge in [0.1, 0.15) is 6.07 Å². The van der Waals surface area contributed by atoms with Crippen LogP contribution in [0.15, 0.2) is 63.5 Å². The van der Waals surface area contributed by atoms with Gasteiger partial charge in [0.25, 0.3) is 0 Å². The van der Waals surface area contributed by atoms with Crippen molar-refractivity contribution >= 4 is 43.6 Å². The van der Waals surface area contributed by atoms with Gasteiger partial charge >= 0.3 is 5.97 Å². The maximum Gasteiger partial charge on any atom is 0.343 e. The predicted octanol–water partition coefficient (Wildman–Crippen LogP) is 6.34. The maximum absolute atomic E-state index is 12.9. The second-order valence-corrected chi connectivity index (χ2v) is 8.43. The third-order valence-corrected chi connectivity index (χ3v) is 6.54. The smallest absolute Gasteiger partial charge is 0.343 e. The molecule has 0 unspecified atom stereocenters. The standard InChI is InChI=1S/C24H17Br2NO3/c1-14-18(8-4-10-20(14)25)22(28)12-16-6-3-7-17(13-27)23(16)30-24(29)19-9-5-11-21(26)15(19)2/h3-11H,12H2,1-2H3. The van der Waals surface area contributed by atoms with Crippen LogP contribution in [0.4, 0.5) is 0 Å². The molecule has 0 heterocycles. The Morgan fingerprint density at radius 1 is 0.900 bits per heavy atom. The summed E-state index contributed by atoms with van der Waals surface area (Å²) >= 11 is 6.84. The highest BCUT2D eigenvalue weighted by atomic mass is 79.9. The van der Waals surface area contributed by atoms with E-state index < -0.39 is 5.97 Å². The summed E-state index contributed by atoms with van der Waals surface area (Å²) in [4.78, 5) is 25.8. The molecule has 3 rings (SSSR count). The van der Waals surface area contributed by atoms with Crippen molar-refractivity contribution in [2.45, 2.75) is 20.3 Å². The normalized spacial score (nSPS) is 10.4. The lowest BCUT2D eigenvalue weighted by Gasteiger charge is -2.13. The number of esters is 1. The third-order valence-electron chi connectivity index (χ3n) is 4.82. The number of ketones is 1. The summed E-state index contributed by atoms with van der Waals surface area (Å²) in [6.07, 6.45) is 0.00684. The molecular formula is C24H17Br2NO3. The molecule has 0 aliphatic carbocycles. The molecule has 0 aromatic heterocycles. The number of halogens is 2. The summed E-state index contributed by atoms with van der Waals surface area (Å²) in [6.45, 7) is 3.66. The second kappa shape index (κ2) is 9.38. The zero-order chi connectivity index (χ0) is 21.8. The number of benzene rings is 3. The van der Waals surface area contributed by atoms with Crippen molar-refractivity contribution in [2.75, 3.05) is 0 Å². The van der Waals surface area contributed by atoms with Crippen molar-refractivity contribution in [1.82, 2.24) is 0 Å². The molecule has 0 bridgehead atoms. The van der Waals surface area contributed by atoms with Crippen molar-refractivity contribution in [3.8, 4) is 11.8 Å². The van der Waals surface area contributed by atoms with Crippen LogP contribution in [0.25, 0.3) is 0 Å². The van der Waals surface area contributed by atoms with Gasteiger partial charge in [-0.1, -0.05) is 62.2 Å². The second-order valence-electron chi connectivity index (χ2n) is 6.72. The minimum Gasteiger partial charge on any atom is -0.421 e. The Morgan fingerprint density at radius 3 is 2.10 bits per heavy atom. The van der Waals surface area contributed by atoms with Crippen LogP contribution in [0, 0.1) is 25.2 Å². The van der Waals surface area contributed by atoms with Crippen LogP contribution < -0.4 is 4.74 Å². The van der Waals surface area contributed by atoms with Gasteiger partial charge in [-0.25, -0.2) is 4.79 Å². The molecule has 0 radical (unpaired) electrons. The first kappa shape index (κ1) is 21.9. The number of nitriles is 1. The first-order chi connectivity index (χ1) is 14.3. The van der Waals surface area contributed by atoms with E-state index in [1.807, 2.05) is 25.1 Å². The quantitative estimate of drug-likeness (QED) is 0.221. The summed E-state index contributed by atoms with van der Waals surface area (Å²) in [5.41, 5.74) is 3.22.